The van der Waals surface area contributed by atoms with Gasteiger partial charge in [0.15, 0.2) is 0 Å². The van der Waals surface area contributed by atoms with Gasteiger partial charge in [0.25, 0.3) is 0 Å². The second-order valence-corrected chi connectivity index (χ2v) is 4.15. The summed E-state index contributed by atoms with van der Waals surface area (Å²) in [6, 6.07) is 12.1. The molecule has 2 aromatic rings. The molecule has 0 aliphatic carbocycles. The monoisotopic (exact) mass is 230 g/mol. The standard InChI is InChI=1S/C14H15FN2/c1-9-8-11(4-7-13(9)15)14(17)10-2-5-12(16)6-3-10/h2-8,14H,16-17H2,1H3. The van der Waals surface area contributed by atoms with Gasteiger partial charge < -0.3 is 11.5 Å². The molecule has 0 bridgehead atoms. The summed E-state index contributed by atoms with van der Waals surface area (Å²) in [5.74, 6) is -0.210. The largest absolute Gasteiger partial charge is 0.399 e. The van der Waals surface area contributed by atoms with Crippen molar-refractivity contribution in [2.75, 3.05) is 5.73 Å². The van der Waals surface area contributed by atoms with Crippen LogP contribution in [0.1, 0.15) is 22.7 Å². The van der Waals surface area contributed by atoms with Gasteiger partial charge in [-0.2, -0.15) is 0 Å². The maximum Gasteiger partial charge on any atom is 0.126 e. The fraction of sp³-hybridized carbons (Fsp3) is 0.143. The smallest absolute Gasteiger partial charge is 0.126 e. The first kappa shape index (κ1) is 11.6. The van der Waals surface area contributed by atoms with Crippen molar-refractivity contribution in [1.29, 1.82) is 0 Å². The number of anilines is 1. The van der Waals surface area contributed by atoms with E-state index in [1.54, 1.807) is 19.1 Å². The predicted octanol–water partition coefficient (Wildman–Crippen LogP) is 2.76. The number of hydrogen-bond donors (Lipinski definition) is 2. The molecule has 1 atom stereocenters. The summed E-state index contributed by atoms with van der Waals surface area (Å²) in [6.07, 6.45) is 0. The Morgan fingerprint density at radius 1 is 1.00 bits per heavy atom. The number of nitrogen functional groups attached to an aromatic ring is 1. The van der Waals surface area contributed by atoms with E-state index >= 15 is 0 Å². The predicted molar refractivity (Wildman–Crippen MR) is 68.0 cm³/mol. The molecule has 2 aromatic carbocycles. The van der Waals surface area contributed by atoms with Crippen LogP contribution in [0.5, 0.6) is 0 Å². The van der Waals surface area contributed by atoms with Gasteiger partial charge in [-0.05, 0) is 41.8 Å². The summed E-state index contributed by atoms with van der Waals surface area (Å²) in [5.41, 5.74) is 14.9. The lowest BCUT2D eigenvalue weighted by Crippen LogP contribution is -2.12. The van der Waals surface area contributed by atoms with Crippen LogP contribution < -0.4 is 11.5 Å². The van der Waals surface area contributed by atoms with E-state index < -0.39 is 0 Å². The summed E-state index contributed by atoms with van der Waals surface area (Å²) >= 11 is 0. The van der Waals surface area contributed by atoms with Gasteiger partial charge in [-0.3, -0.25) is 0 Å². The van der Waals surface area contributed by atoms with E-state index in [1.807, 2.05) is 24.3 Å². The van der Waals surface area contributed by atoms with E-state index in [4.69, 9.17) is 11.5 Å². The Kier molecular flexibility index (Phi) is 3.11. The molecule has 88 valence electrons. The van der Waals surface area contributed by atoms with Crippen molar-refractivity contribution < 1.29 is 4.39 Å². The molecule has 4 N–H and O–H groups in total. The summed E-state index contributed by atoms with van der Waals surface area (Å²) in [7, 11) is 0. The number of hydrogen-bond acceptors (Lipinski definition) is 2. The van der Waals surface area contributed by atoms with Crippen LogP contribution in [-0.4, -0.2) is 0 Å². The zero-order chi connectivity index (χ0) is 12.4. The van der Waals surface area contributed by atoms with E-state index in [1.165, 1.54) is 6.07 Å². The second kappa shape index (κ2) is 4.55. The zero-order valence-corrected chi connectivity index (χ0v) is 9.65. The molecule has 2 nitrogen and oxygen atoms in total. The van der Waals surface area contributed by atoms with Crippen molar-refractivity contribution >= 4 is 5.69 Å². The number of aryl methyl sites for hydroxylation is 1. The molecule has 0 amide bonds. The van der Waals surface area contributed by atoms with Crippen molar-refractivity contribution in [1.82, 2.24) is 0 Å². The summed E-state index contributed by atoms with van der Waals surface area (Å²) in [4.78, 5) is 0. The molecule has 17 heavy (non-hydrogen) atoms. The molecule has 0 saturated carbocycles. The van der Waals surface area contributed by atoms with Crippen LogP contribution in [-0.2, 0) is 0 Å². The average molecular weight is 230 g/mol. The highest BCUT2D eigenvalue weighted by Crippen LogP contribution is 2.22. The Bertz CT molecular complexity index is 520. The molecule has 2 rings (SSSR count). The summed E-state index contributed by atoms with van der Waals surface area (Å²) in [5, 5.41) is 0. The summed E-state index contributed by atoms with van der Waals surface area (Å²) in [6.45, 7) is 1.73. The molecule has 3 heteroatoms. The third-order valence-corrected chi connectivity index (χ3v) is 2.84. The number of nitrogens with two attached hydrogens (primary N) is 2. The third kappa shape index (κ3) is 2.45. The number of benzene rings is 2. The Hall–Kier alpha value is -1.87. The van der Waals surface area contributed by atoms with Gasteiger partial charge >= 0.3 is 0 Å². The minimum atomic E-state index is -0.255. The Morgan fingerprint density at radius 3 is 2.18 bits per heavy atom. The topological polar surface area (TPSA) is 52.0 Å². The molecule has 0 heterocycles. The van der Waals surface area contributed by atoms with Gasteiger partial charge in [-0.1, -0.05) is 24.3 Å². The van der Waals surface area contributed by atoms with E-state index in [0.29, 0.717) is 11.3 Å². The molecule has 0 aliphatic rings. The highest BCUT2D eigenvalue weighted by molar-refractivity contribution is 5.42. The SMILES string of the molecule is Cc1cc(C(N)c2ccc(N)cc2)ccc1F. The molecular weight excluding hydrogens is 215 g/mol. The van der Waals surface area contributed by atoms with Gasteiger partial charge in [0, 0.05) is 5.69 Å². The summed E-state index contributed by atoms with van der Waals surface area (Å²) < 4.78 is 13.2. The first-order chi connectivity index (χ1) is 8.08. The molecule has 0 saturated heterocycles. The zero-order valence-electron chi connectivity index (χ0n) is 9.65. The minimum absolute atomic E-state index is 0.210. The Labute approximate surface area is 100 Å². The van der Waals surface area contributed by atoms with Gasteiger partial charge in [0.1, 0.15) is 5.82 Å². The van der Waals surface area contributed by atoms with Crippen LogP contribution in [0.4, 0.5) is 10.1 Å². The molecule has 0 fully saturated rings. The van der Waals surface area contributed by atoms with Gasteiger partial charge in [0.2, 0.25) is 0 Å². The molecular formula is C14H15FN2. The van der Waals surface area contributed by atoms with Gasteiger partial charge in [-0.15, -0.1) is 0 Å². The first-order valence-electron chi connectivity index (χ1n) is 5.45. The quantitative estimate of drug-likeness (QED) is 0.779. The maximum atomic E-state index is 13.2. The number of halogens is 1. The molecule has 0 spiro atoms. The van der Waals surface area contributed by atoms with Crippen LogP contribution in [0.25, 0.3) is 0 Å². The van der Waals surface area contributed by atoms with E-state index in [2.05, 4.69) is 0 Å². The fourth-order valence-corrected chi connectivity index (χ4v) is 1.76. The van der Waals surface area contributed by atoms with Crippen LogP contribution in [0, 0.1) is 12.7 Å². The molecule has 1 unspecified atom stereocenters. The molecule has 0 aromatic heterocycles. The third-order valence-electron chi connectivity index (χ3n) is 2.84. The fourth-order valence-electron chi connectivity index (χ4n) is 1.76. The second-order valence-electron chi connectivity index (χ2n) is 4.15. The minimum Gasteiger partial charge on any atom is -0.399 e. The van der Waals surface area contributed by atoms with Gasteiger partial charge in [0.05, 0.1) is 6.04 Å². The highest BCUT2D eigenvalue weighted by atomic mass is 19.1. The van der Waals surface area contributed by atoms with E-state index in [9.17, 15) is 4.39 Å². The van der Waals surface area contributed by atoms with Crippen LogP contribution >= 0.6 is 0 Å². The maximum absolute atomic E-state index is 13.2. The van der Waals surface area contributed by atoms with Crippen molar-refractivity contribution in [3.63, 3.8) is 0 Å². The van der Waals surface area contributed by atoms with Crippen LogP contribution in [0.2, 0.25) is 0 Å². The van der Waals surface area contributed by atoms with Crippen molar-refractivity contribution in [3.05, 3.63) is 65.0 Å². The number of rotatable bonds is 2. The van der Waals surface area contributed by atoms with E-state index in [-0.39, 0.29) is 11.9 Å². The highest BCUT2D eigenvalue weighted by Gasteiger charge is 2.09. The Morgan fingerprint density at radius 2 is 1.59 bits per heavy atom. The van der Waals surface area contributed by atoms with Crippen molar-refractivity contribution in [2.24, 2.45) is 5.73 Å². The van der Waals surface area contributed by atoms with Crippen molar-refractivity contribution in [2.45, 2.75) is 13.0 Å². The lowest BCUT2D eigenvalue weighted by Gasteiger charge is -2.13. The van der Waals surface area contributed by atoms with Crippen LogP contribution in [0.15, 0.2) is 42.5 Å². The normalized spacial score (nSPS) is 12.4. The average Bonchev–Trinajstić information content (AvgIpc) is 2.33. The lowest BCUT2D eigenvalue weighted by atomic mass is 9.98. The lowest BCUT2D eigenvalue weighted by molar-refractivity contribution is 0.617. The van der Waals surface area contributed by atoms with E-state index in [0.717, 1.165) is 11.1 Å². The van der Waals surface area contributed by atoms with Crippen molar-refractivity contribution in [3.8, 4) is 0 Å². The van der Waals surface area contributed by atoms with Crippen LogP contribution in [0.3, 0.4) is 0 Å². The van der Waals surface area contributed by atoms with Gasteiger partial charge in [-0.25, -0.2) is 4.39 Å². The molecule has 0 aliphatic heterocycles. The first-order valence-corrected chi connectivity index (χ1v) is 5.45. The molecule has 0 radical (unpaired) electrons. The Balaban J connectivity index is 2.33.